The highest BCUT2D eigenvalue weighted by Gasteiger charge is 2.15. The molecule has 6 heteroatoms. The van der Waals surface area contributed by atoms with Crippen molar-refractivity contribution in [1.29, 1.82) is 0 Å². The molecule has 0 aliphatic carbocycles. The van der Waals surface area contributed by atoms with Crippen LogP contribution in [0.4, 0.5) is 5.69 Å². The molecular weight excluding hydrogens is 202 g/mol. The van der Waals surface area contributed by atoms with Gasteiger partial charge in [-0.15, -0.1) is 0 Å². The first kappa shape index (κ1) is 11.0. The van der Waals surface area contributed by atoms with Crippen molar-refractivity contribution in [3.05, 3.63) is 33.9 Å². The smallest absolute Gasteiger partial charge is 0.341 e. The number of esters is 1. The van der Waals surface area contributed by atoms with E-state index in [9.17, 15) is 20.0 Å². The lowest BCUT2D eigenvalue weighted by Gasteiger charge is -2.03. The molecule has 1 aromatic rings. The lowest BCUT2D eigenvalue weighted by Crippen LogP contribution is -2.05. The van der Waals surface area contributed by atoms with E-state index in [0.29, 0.717) is 0 Å². The molecule has 0 heterocycles. The van der Waals surface area contributed by atoms with E-state index < -0.39 is 16.6 Å². The highest BCUT2D eigenvalue weighted by Crippen LogP contribution is 2.23. The monoisotopic (exact) mass is 211 g/mol. The molecule has 1 N–H and O–H groups in total. The van der Waals surface area contributed by atoms with Gasteiger partial charge in [0.2, 0.25) is 0 Å². The Labute approximate surface area is 85.2 Å². The summed E-state index contributed by atoms with van der Waals surface area (Å²) in [7, 11) is 0. The van der Waals surface area contributed by atoms with E-state index in [2.05, 4.69) is 4.74 Å². The maximum Gasteiger partial charge on any atom is 0.341 e. The third-order valence-electron chi connectivity index (χ3n) is 1.69. The summed E-state index contributed by atoms with van der Waals surface area (Å²) in [5.41, 5.74) is -0.358. The molecule has 0 aliphatic rings. The maximum absolute atomic E-state index is 11.2. The van der Waals surface area contributed by atoms with Crippen LogP contribution in [-0.2, 0) is 4.74 Å². The number of benzene rings is 1. The zero-order valence-corrected chi connectivity index (χ0v) is 7.97. The highest BCUT2D eigenvalue weighted by molar-refractivity contribution is 5.92. The van der Waals surface area contributed by atoms with Crippen molar-refractivity contribution in [1.82, 2.24) is 0 Å². The number of nitro benzene ring substituents is 1. The van der Waals surface area contributed by atoms with Gasteiger partial charge in [-0.1, -0.05) is 0 Å². The molecule has 0 saturated carbocycles. The average molecular weight is 211 g/mol. The van der Waals surface area contributed by atoms with Gasteiger partial charge >= 0.3 is 5.97 Å². The number of nitro groups is 1. The van der Waals surface area contributed by atoms with Crippen molar-refractivity contribution in [3.63, 3.8) is 0 Å². The van der Waals surface area contributed by atoms with E-state index in [-0.39, 0.29) is 17.9 Å². The summed E-state index contributed by atoms with van der Waals surface area (Å²) in [6.07, 6.45) is 0. The van der Waals surface area contributed by atoms with Gasteiger partial charge in [0.1, 0.15) is 11.3 Å². The van der Waals surface area contributed by atoms with Crippen molar-refractivity contribution in [3.8, 4) is 5.75 Å². The number of phenols is 1. The fraction of sp³-hybridized carbons (Fsp3) is 0.222. The summed E-state index contributed by atoms with van der Waals surface area (Å²) in [6, 6.07) is 3.20. The Kier molecular flexibility index (Phi) is 3.22. The van der Waals surface area contributed by atoms with Gasteiger partial charge in [0.05, 0.1) is 17.6 Å². The van der Waals surface area contributed by atoms with E-state index in [1.165, 1.54) is 0 Å². The molecule has 1 aromatic carbocycles. The predicted molar refractivity (Wildman–Crippen MR) is 50.7 cm³/mol. The number of aromatic hydroxyl groups is 1. The quantitative estimate of drug-likeness (QED) is 0.464. The van der Waals surface area contributed by atoms with Crippen LogP contribution in [0.1, 0.15) is 17.3 Å². The molecule has 6 nitrogen and oxygen atoms in total. The SMILES string of the molecule is CCOC(=O)c1ccc([N+](=O)[O-])cc1O. The highest BCUT2D eigenvalue weighted by atomic mass is 16.6. The number of non-ortho nitro benzene ring substituents is 1. The van der Waals surface area contributed by atoms with Gasteiger partial charge in [-0.25, -0.2) is 4.79 Å². The minimum Gasteiger partial charge on any atom is -0.507 e. The Morgan fingerprint density at radius 3 is 2.73 bits per heavy atom. The van der Waals surface area contributed by atoms with Gasteiger partial charge in [-0.2, -0.15) is 0 Å². The molecule has 0 spiro atoms. The zero-order chi connectivity index (χ0) is 11.4. The van der Waals surface area contributed by atoms with Crippen LogP contribution in [0.5, 0.6) is 5.75 Å². The van der Waals surface area contributed by atoms with Crippen molar-refractivity contribution in [2.45, 2.75) is 6.92 Å². The first-order chi connectivity index (χ1) is 7.06. The van der Waals surface area contributed by atoms with Crippen molar-refractivity contribution in [2.75, 3.05) is 6.61 Å². The summed E-state index contributed by atoms with van der Waals surface area (Å²) < 4.78 is 4.64. The van der Waals surface area contributed by atoms with E-state index in [4.69, 9.17) is 0 Å². The molecule has 0 radical (unpaired) electrons. The first-order valence-corrected chi connectivity index (χ1v) is 4.20. The second kappa shape index (κ2) is 4.41. The summed E-state index contributed by atoms with van der Waals surface area (Å²) in [5, 5.41) is 19.7. The summed E-state index contributed by atoms with van der Waals surface area (Å²) in [4.78, 5) is 20.9. The standard InChI is InChI=1S/C9H9NO5/c1-2-15-9(12)7-4-3-6(10(13)14)5-8(7)11/h3-5,11H,2H2,1H3. The van der Waals surface area contributed by atoms with Crippen molar-refractivity contribution < 1.29 is 19.6 Å². The number of nitrogens with zero attached hydrogens (tertiary/aromatic N) is 1. The number of phenolic OH excluding ortho intramolecular Hbond substituents is 1. The van der Waals surface area contributed by atoms with Gasteiger partial charge < -0.3 is 9.84 Å². The molecule has 0 fully saturated rings. The van der Waals surface area contributed by atoms with Gasteiger partial charge in [0.25, 0.3) is 5.69 Å². The Morgan fingerprint density at radius 1 is 1.60 bits per heavy atom. The second-order valence-electron chi connectivity index (χ2n) is 2.68. The predicted octanol–water partition coefficient (Wildman–Crippen LogP) is 1.48. The lowest BCUT2D eigenvalue weighted by molar-refractivity contribution is -0.384. The fourth-order valence-electron chi connectivity index (χ4n) is 1.02. The zero-order valence-electron chi connectivity index (χ0n) is 7.97. The van der Waals surface area contributed by atoms with Crippen LogP contribution in [0.15, 0.2) is 18.2 Å². The molecule has 0 unspecified atom stereocenters. The van der Waals surface area contributed by atoms with E-state index >= 15 is 0 Å². The summed E-state index contributed by atoms with van der Waals surface area (Å²) in [6.45, 7) is 1.80. The van der Waals surface area contributed by atoms with Gasteiger partial charge in [-0.3, -0.25) is 10.1 Å². The van der Waals surface area contributed by atoms with E-state index in [0.717, 1.165) is 18.2 Å². The molecule has 0 saturated heterocycles. The molecule has 80 valence electrons. The van der Waals surface area contributed by atoms with Crippen LogP contribution in [-0.4, -0.2) is 22.6 Å². The third-order valence-corrected chi connectivity index (χ3v) is 1.69. The average Bonchev–Trinajstić information content (AvgIpc) is 2.17. The molecule has 0 amide bonds. The normalized spacial score (nSPS) is 9.67. The van der Waals surface area contributed by atoms with E-state index in [1.807, 2.05) is 0 Å². The van der Waals surface area contributed by atoms with E-state index in [1.54, 1.807) is 6.92 Å². The molecule has 1 rings (SSSR count). The topological polar surface area (TPSA) is 89.7 Å². The fourth-order valence-corrected chi connectivity index (χ4v) is 1.02. The van der Waals surface area contributed by atoms with Gasteiger partial charge in [0.15, 0.2) is 0 Å². The van der Waals surface area contributed by atoms with Crippen LogP contribution in [0.3, 0.4) is 0 Å². The van der Waals surface area contributed by atoms with Crippen LogP contribution >= 0.6 is 0 Å². The third kappa shape index (κ3) is 2.43. The minimum atomic E-state index is -0.704. The summed E-state index contributed by atoms with van der Waals surface area (Å²) in [5.74, 6) is -1.16. The van der Waals surface area contributed by atoms with Crippen LogP contribution in [0.25, 0.3) is 0 Å². The number of hydrogen-bond acceptors (Lipinski definition) is 5. The Morgan fingerprint density at radius 2 is 2.27 bits per heavy atom. The molecular formula is C9H9NO5. The van der Waals surface area contributed by atoms with Gasteiger partial charge in [0, 0.05) is 6.07 Å². The number of carbonyl (C=O) groups excluding carboxylic acids is 1. The molecule has 0 atom stereocenters. The molecule has 0 aromatic heterocycles. The maximum atomic E-state index is 11.2. The first-order valence-electron chi connectivity index (χ1n) is 4.20. The molecule has 0 aliphatic heterocycles. The van der Waals surface area contributed by atoms with Crippen LogP contribution in [0, 0.1) is 10.1 Å². The number of hydrogen-bond donors (Lipinski definition) is 1. The number of rotatable bonds is 3. The van der Waals surface area contributed by atoms with Crippen molar-refractivity contribution >= 4 is 11.7 Å². The second-order valence-corrected chi connectivity index (χ2v) is 2.68. The Balaban J connectivity index is 3.03. The number of carbonyl (C=O) groups is 1. The van der Waals surface area contributed by atoms with Crippen molar-refractivity contribution in [2.24, 2.45) is 0 Å². The lowest BCUT2D eigenvalue weighted by atomic mass is 10.2. The Hall–Kier alpha value is -2.11. The summed E-state index contributed by atoms with van der Waals surface area (Å²) >= 11 is 0. The van der Waals surface area contributed by atoms with Crippen LogP contribution < -0.4 is 0 Å². The van der Waals surface area contributed by atoms with Crippen LogP contribution in [0.2, 0.25) is 0 Å². The minimum absolute atomic E-state index is 0.0811. The molecule has 0 bridgehead atoms. The molecule has 15 heavy (non-hydrogen) atoms. The van der Waals surface area contributed by atoms with Gasteiger partial charge in [-0.05, 0) is 13.0 Å². The Bertz CT molecular complexity index is 401. The largest absolute Gasteiger partial charge is 0.507 e. The number of ether oxygens (including phenoxy) is 1.